The number of aromatic nitrogens is 3. The zero-order valence-electron chi connectivity index (χ0n) is 15.4. The maximum atomic E-state index is 11.5. The molecule has 0 aliphatic carbocycles. The van der Waals surface area contributed by atoms with E-state index in [0.717, 1.165) is 6.26 Å². The van der Waals surface area contributed by atoms with E-state index in [-0.39, 0.29) is 22.8 Å². The fourth-order valence-electron chi connectivity index (χ4n) is 2.71. The second-order valence-corrected chi connectivity index (χ2v) is 8.42. The van der Waals surface area contributed by atoms with E-state index in [1.165, 1.54) is 29.6 Å². The highest BCUT2D eigenvalue weighted by Crippen LogP contribution is 2.28. The molecule has 1 N–H and O–H groups in total. The van der Waals surface area contributed by atoms with Gasteiger partial charge in [0.25, 0.3) is 0 Å². The molecule has 2 aromatic heterocycles. The van der Waals surface area contributed by atoms with Crippen molar-refractivity contribution in [2.45, 2.75) is 30.8 Å². The van der Waals surface area contributed by atoms with Crippen LogP contribution >= 0.6 is 0 Å². The molecule has 0 unspecified atom stereocenters. The van der Waals surface area contributed by atoms with Gasteiger partial charge in [0.15, 0.2) is 9.84 Å². The Balaban J connectivity index is 1.69. The number of pyridine rings is 1. The molecule has 0 atom stereocenters. The molecule has 0 bridgehead atoms. The standard InChI is InChI=1S/C17H20N4O6S/c1-11-15(26-12-5-7-21(8-6-12)17(22)23)19-10-20-16(11)27-14-4-3-13(9-18-14)28(2,24)25/h3-4,9-10,12H,5-8H2,1-2H3,(H,22,23). The summed E-state index contributed by atoms with van der Waals surface area (Å²) in [6, 6.07) is 2.85. The highest BCUT2D eigenvalue weighted by Gasteiger charge is 2.25. The number of piperidine rings is 1. The van der Waals surface area contributed by atoms with Crippen molar-refractivity contribution in [2.75, 3.05) is 19.3 Å². The minimum Gasteiger partial charge on any atom is -0.474 e. The molecule has 2 aromatic rings. The first-order valence-corrected chi connectivity index (χ1v) is 10.4. The molecule has 10 nitrogen and oxygen atoms in total. The Morgan fingerprint density at radius 1 is 1.18 bits per heavy atom. The fraction of sp³-hybridized carbons (Fsp3) is 0.412. The van der Waals surface area contributed by atoms with E-state index in [1.54, 1.807) is 6.92 Å². The van der Waals surface area contributed by atoms with Crippen molar-refractivity contribution in [1.29, 1.82) is 0 Å². The minimum atomic E-state index is -3.34. The molecule has 1 saturated heterocycles. The van der Waals surface area contributed by atoms with Crippen molar-refractivity contribution >= 4 is 15.9 Å². The largest absolute Gasteiger partial charge is 0.474 e. The lowest BCUT2D eigenvalue weighted by atomic mass is 10.1. The maximum Gasteiger partial charge on any atom is 0.407 e. The van der Waals surface area contributed by atoms with Crippen LogP contribution in [-0.2, 0) is 9.84 Å². The molecular weight excluding hydrogens is 388 g/mol. The molecule has 1 aliphatic rings. The van der Waals surface area contributed by atoms with Gasteiger partial charge in [0.2, 0.25) is 17.6 Å². The van der Waals surface area contributed by atoms with E-state index in [2.05, 4.69) is 15.0 Å². The van der Waals surface area contributed by atoms with Crippen molar-refractivity contribution in [1.82, 2.24) is 19.9 Å². The average molecular weight is 408 g/mol. The Labute approximate surface area is 162 Å². The summed E-state index contributed by atoms with van der Waals surface area (Å²) in [5.74, 6) is 0.786. The summed E-state index contributed by atoms with van der Waals surface area (Å²) >= 11 is 0. The lowest BCUT2D eigenvalue weighted by Crippen LogP contribution is -2.41. The lowest BCUT2D eigenvalue weighted by molar-refractivity contribution is 0.0864. The molecule has 3 rings (SSSR count). The number of amides is 1. The molecule has 11 heteroatoms. The summed E-state index contributed by atoms with van der Waals surface area (Å²) in [4.78, 5) is 24.6. The number of nitrogens with zero attached hydrogens (tertiary/aromatic N) is 4. The number of hydrogen-bond acceptors (Lipinski definition) is 8. The Hall–Kier alpha value is -2.95. The first kappa shape index (κ1) is 19.8. The van der Waals surface area contributed by atoms with Crippen LogP contribution in [0.3, 0.4) is 0 Å². The Kier molecular flexibility index (Phi) is 5.63. The van der Waals surface area contributed by atoms with Crippen LogP contribution in [0.2, 0.25) is 0 Å². The molecule has 3 heterocycles. The Bertz CT molecular complexity index is 956. The number of carboxylic acid groups (broad SMARTS) is 1. The van der Waals surface area contributed by atoms with E-state index in [1.807, 2.05) is 0 Å². The maximum absolute atomic E-state index is 11.5. The predicted octanol–water partition coefficient (Wildman–Crippen LogP) is 1.90. The van der Waals surface area contributed by atoms with Gasteiger partial charge < -0.3 is 19.5 Å². The summed E-state index contributed by atoms with van der Waals surface area (Å²) in [5, 5.41) is 9.01. The minimum absolute atomic E-state index is 0.0935. The molecule has 1 amide bonds. The van der Waals surface area contributed by atoms with Gasteiger partial charge in [0.1, 0.15) is 12.4 Å². The van der Waals surface area contributed by atoms with Gasteiger partial charge in [-0.15, -0.1) is 0 Å². The third kappa shape index (κ3) is 4.66. The van der Waals surface area contributed by atoms with Crippen LogP contribution in [0.4, 0.5) is 4.79 Å². The van der Waals surface area contributed by atoms with Gasteiger partial charge in [-0.3, -0.25) is 0 Å². The molecule has 0 radical (unpaired) electrons. The van der Waals surface area contributed by atoms with E-state index in [9.17, 15) is 13.2 Å². The summed E-state index contributed by atoms with van der Waals surface area (Å²) in [7, 11) is -3.34. The first-order chi connectivity index (χ1) is 13.2. The average Bonchev–Trinajstić information content (AvgIpc) is 2.65. The van der Waals surface area contributed by atoms with Crippen LogP contribution in [0.1, 0.15) is 18.4 Å². The Morgan fingerprint density at radius 2 is 1.86 bits per heavy atom. The van der Waals surface area contributed by atoms with Crippen molar-refractivity contribution in [2.24, 2.45) is 0 Å². The van der Waals surface area contributed by atoms with Crippen molar-refractivity contribution in [3.8, 4) is 17.6 Å². The topological polar surface area (TPSA) is 132 Å². The molecule has 1 fully saturated rings. The summed E-state index contributed by atoms with van der Waals surface area (Å²) < 4.78 is 34.5. The first-order valence-electron chi connectivity index (χ1n) is 8.54. The van der Waals surface area contributed by atoms with Crippen LogP contribution < -0.4 is 9.47 Å². The fourth-order valence-corrected chi connectivity index (χ4v) is 3.27. The quantitative estimate of drug-likeness (QED) is 0.787. The molecule has 28 heavy (non-hydrogen) atoms. The third-order valence-corrected chi connectivity index (χ3v) is 5.42. The van der Waals surface area contributed by atoms with Crippen LogP contribution in [0, 0.1) is 6.92 Å². The number of ether oxygens (including phenoxy) is 2. The molecular formula is C17H20N4O6S. The molecule has 0 aromatic carbocycles. The van der Waals surface area contributed by atoms with Crippen molar-refractivity contribution in [3.05, 3.63) is 30.2 Å². The number of rotatable bonds is 5. The zero-order valence-corrected chi connectivity index (χ0v) is 16.2. The van der Waals surface area contributed by atoms with Gasteiger partial charge in [0, 0.05) is 44.5 Å². The Morgan fingerprint density at radius 3 is 2.43 bits per heavy atom. The summed E-state index contributed by atoms with van der Waals surface area (Å²) in [5.41, 5.74) is 0.567. The van der Waals surface area contributed by atoms with E-state index in [0.29, 0.717) is 37.4 Å². The van der Waals surface area contributed by atoms with Crippen LogP contribution in [0.25, 0.3) is 0 Å². The van der Waals surface area contributed by atoms with Crippen LogP contribution in [-0.4, -0.2) is 64.9 Å². The second-order valence-electron chi connectivity index (χ2n) is 6.40. The third-order valence-electron chi connectivity index (χ3n) is 4.32. The highest BCUT2D eigenvalue weighted by atomic mass is 32.2. The molecule has 150 valence electrons. The van der Waals surface area contributed by atoms with Crippen molar-refractivity contribution < 1.29 is 27.8 Å². The SMILES string of the molecule is Cc1c(Oc2ccc(S(C)(=O)=O)cn2)ncnc1OC1CCN(C(=O)O)CC1. The molecule has 1 aliphatic heterocycles. The number of likely N-dealkylation sites (tertiary alicyclic amines) is 1. The van der Waals surface area contributed by atoms with E-state index < -0.39 is 15.9 Å². The molecule has 0 saturated carbocycles. The summed E-state index contributed by atoms with van der Waals surface area (Å²) in [6.07, 6.45) is 3.68. The highest BCUT2D eigenvalue weighted by molar-refractivity contribution is 7.90. The van der Waals surface area contributed by atoms with E-state index >= 15 is 0 Å². The van der Waals surface area contributed by atoms with Crippen LogP contribution in [0.15, 0.2) is 29.6 Å². The van der Waals surface area contributed by atoms with Gasteiger partial charge in [-0.05, 0) is 13.0 Å². The van der Waals surface area contributed by atoms with Gasteiger partial charge in [-0.1, -0.05) is 0 Å². The monoisotopic (exact) mass is 408 g/mol. The van der Waals surface area contributed by atoms with Gasteiger partial charge >= 0.3 is 6.09 Å². The smallest absolute Gasteiger partial charge is 0.407 e. The normalized spacial score (nSPS) is 15.3. The second kappa shape index (κ2) is 7.97. The van der Waals surface area contributed by atoms with Gasteiger partial charge in [-0.25, -0.2) is 28.2 Å². The molecule has 0 spiro atoms. The number of carbonyl (C=O) groups is 1. The zero-order chi connectivity index (χ0) is 20.3. The number of hydrogen-bond donors (Lipinski definition) is 1. The predicted molar refractivity (Wildman–Crippen MR) is 97.4 cm³/mol. The van der Waals surface area contributed by atoms with Gasteiger partial charge in [-0.2, -0.15) is 0 Å². The van der Waals surface area contributed by atoms with Crippen LogP contribution in [0.5, 0.6) is 17.6 Å². The van der Waals surface area contributed by atoms with Crippen molar-refractivity contribution in [3.63, 3.8) is 0 Å². The van der Waals surface area contributed by atoms with E-state index in [4.69, 9.17) is 14.6 Å². The van der Waals surface area contributed by atoms with Gasteiger partial charge in [0.05, 0.1) is 10.5 Å². The lowest BCUT2D eigenvalue weighted by Gasteiger charge is -2.30. The number of sulfone groups is 1. The summed E-state index contributed by atoms with van der Waals surface area (Å²) in [6.45, 7) is 2.55.